The molecule has 0 saturated carbocycles. The smallest absolute Gasteiger partial charge is 0.0619 e. The molecule has 14 aromatic carbocycles. The van der Waals surface area contributed by atoms with Crippen LogP contribution in [0, 0.1) is 0 Å². The summed E-state index contributed by atoms with van der Waals surface area (Å²) >= 11 is 0. The van der Waals surface area contributed by atoms with E-state index in [1.807, 2.05) is 13.8 Å². The van der Waals surface area contributed by atoms with Gasteiger partial charge in [0, 0.05) is 82.6 Å². The molecule has 4 nitrogen and oxygen atoms in total. The number of hydrogen-bond donors (Lipinski definition) is 0. The molecule has 18 rings (SSSR count). The zero-order valence-electron chi connectivity index (χ0n) is 47.5. The highest BCUT2D eigenvalue weighted by molar-refractivity contribution is 6.28. The van der Waals surface area contributed by atoms with Crippen molar-refractivity contribution in [2.45, 2.75) is 33.1 Å². The number of aryl methyl sites for hydroxylation is 1. The van der Waals surface area contributed by atoms with Crippen LogP contribution in [0.3, 0.4) is 0 Å². The van der Waals surface area contributed by atoms with Crippen molar-refractivity contribution < 1.29 is 0 Å². The van der Waals surface area contributed by atoms with Crippen LogP contribution in [0.4, 0.5) is 17.1 Å². The van der Waals surface area contributed by atoms with Crippen LogP contribution in [0.15, 0.2) is 273 Å². The van der Waals surface area contributed by atoms with E-state index >= 15 is 0 Å². The van der Waals surface area contributed by atoms with Crippen molar-refractivity contribution >= 4 is 142 Å². The summed E-state index contributed by atoms with van der Waals surface area (Å²) in [7, 11) is 0. The van der Waals surface area contributed by atoms with E-state index in [4.69, 9.17) is 0 Å². The average molecular weight is 1090 g/mol. The maximum Gasteiger partial charge on any atom is 0.0619 e. The Labute approximate surface area is 492 Å². The van der Waals surface area contributed by atoms with Crippen molar-refractivity contribution in [3.05, 3.63) is 284 Å². The molecule has 85 heavy (non-hydrogen) atoms. The second-order valence-corrected chi connectivity index (χ2v) is 22.6. The standard InChI is InChI=1S/C79H52N4.C2H6/c1-2-14-50-29-47-71-74(62(50)20-3-1)68-44-26-53-17-6-11-23-65(53)77(68)81(71)59-38-32-56(33-39-59)80(57-34-40-60(41-35-57)82-72-48-30-51-15-4-9-21-63(51)75(72)69-45-27-54-18-7-12-24-66(54)78(69)82)58-36-42-61(43-37-58)83-73-49-31-52-16-5-10-22-64(52)76(73)70-46-28-55-19-8-13-25-67(55)79(70)83;1-2/h2,4-19,21-49H,1,3,20H2;1-2H3. The van der Waals surface area contributed by atoms with Gasteiger partial charge in [-0.1, -0.05) is 202 Å². The Morgan fingerprint density at radius 3 is 1.04 bits per heavy atom. The van der Waals surface area contributed by atoms with E-state index in [0.717, 1.165) is 53.4 Å². The Morgan fingerprint density at radius 2 is 0.624 bits per heavy atom. The Morgan fingerprint density at radius 1 is 0.294 bits per heavy atom. The summed E-state index contributed by atoms with van der Waals surface area (Å²) < 4.78 is 7.50. The second-order valence-electron chi connectivity index (χ2n) is 22.6. The summed E-state index contributed by atoms with van der Waals surface area (Å²) in [4.78, 5) is 2.42. The summed E-state index contributed by atoms with van der Waals surface area (Å²) in [5.74, 6) is 0. The molecule has 402 valence electrons. The van der Waals surface area contributed by atoms with E-state index in [-0.39, 0.29) is 0 Å². The fraction of sp³-hybridized carbons (Fsp3) is 0.0617. The highest BCUT2D eigenvalue weighted by Gasteiger charge is 2.24. The molecule has 0 atom stereocenters. The van der Waals surface area contributed by atoms with Crippen LogP contribution in [-0.2, 0) is 6.42 Å². The van der Waals surface area contributed by atoms with Crippen molar-refractivity contribution in [1.29, 1.82) is 0 Å². The molecule has 0 radical (unpaired) electrons. The van der Waals surface area contributed by atoms with Crippen molar-refractivity contribution in [1.82, 2.24) is 13.7 Å². The Hall–Kier alpha value is -10.7. The zero-order valence-corrected chi connectivity index (χ0v) is 47.5. The highest BCUT2D eigenvalue weighted by Crippen LogP contribution is 2.46. The molecule has 4 heteroatoms. The molecule has 0 saturated heterocycles. The zero-order chi connectivity index (χ0) is 56.3. The predicted octanol–water partition coefficient (Wildman–Crippen LogP) is 22.6. The summed E-state index contributed by atoms with van der Waals surface area (Å²) in [6.45, 7) is 4.00. The molecule has 0 N–H and O–H groups in total. The summed E-state index contributed by atoms with van der Waals surface area (Å²) in [6.07, 6.45) is 8.00. The third-order valence-electron chi connectivity index (χ3n) is 18.2. The SMILES string of the molecule is C1=Cc2ccc3c(c2CCC1)c1ccc2ccccc2c1n3-c1ccc(N(c2ccc(-n3c4ccc5ccccc5c4c4ccc5ccccc5c43)cc2)c2ccc(-n3c4ccc5ccccc5c4c4ccc5ccccc5c43)cc2)cc1.CC. The van der Waals surface area contributed by atoms with E-state index in [1.54, 1.807) is 0 Å². The molecule has 0 amide bonds. The van der Waals surface area contributed by atoms with Gasteiger partial charge in [-0.05, 0) is 159 Å². The van der Waals surface area contributed by atoms with Crippen LogP contribution in [0.1, 0.15) is 37.8 Å². The number of rotatable bonds is 6. The van der Waals surface area contributed by atoms with Gasteiger partial charge in [-0.3, -0.25) is 0 Å². The van der Waals surface area contributed by atoms with E-state index in [1.165, 1.54) is 130 Å². The van der Waals surface area contributed by atoms with Gasteiger partial charge in [-0.15, -0.1) is 0 Å². The third-order valence-corrected chi connectivity index (χ3v) is 18.2. The lowest BCUT2D eigenvalue weighted by Crippen LogP contribution is -2.10. The predicted molar refractivity (Wildman–Crippen MR) is 365 cm³/mol. The minimum absolute atomic E-state index is 1.06. The lowest BCUT2D eigenvalue weighted by atomic mass is 9.97. The van der Waals surface area contributed by atoms with Crippen LogP contribution in [0.25, 0.3) is 142 Å². The molecule has 0 aliphatic heterocycles. The van der Waals surface area contributed by atoms with Gasteiger partial charge in [-0.2, -0.15) is 0 Å². The average Bonchev–Trinajstić information content (AvgIpc) is 1.95. The van der Waals surface area contributed by atoms with Gasteiger partial charge in [0.05, 0.1) is 33.1 Å². The van der Waals surface area contributed by atoms with Gasteiger partial charge in [0.15, 0.2) is 0 Å². The first kappa shape index (κ1) is 49.0. The van der Waals surface area contributed by atoms with Crippen LogP contribution in [-0.4, -0.2) is 13.7 Å². The fourth-order valence-electron chi connectivity index (χ4n) is 14.6. The van der Waals surface area contributed by atoms with Gasteiger partial charge in [0.25, 0.3) is 0 Å². The lowest BCUT2D eigenvalue weighted by Gasteiger charge is -2.26. The third kappa shape index (κ3) is 7.41. The fourth-order valence-corrected chi connectivity index (χ4v) is 14.6. The summed E-state index contributed by atoms with van der Waals surface area (Å²) in [5, 5.41) is 20.2. The molecule has 0 spiro atoms. The number of nitrogens with zero attached hydrogens (tertiary/aromatic N) is 4. The van der Waals surface area contributed by atoms with Crippen LogP contribution in [0.2, 0.25) is 0 Å². The number of hydrogen-bond acceptors (Lipinski definition) is 1. The second kappa shape index (κ2) is 19.5. The topological polar surface area (TPSA) is 18.0 Å². The Kier molecular flexibility index (Phi) is 11.2. The maximum absolute atomic E-state index is 2.52. The number of allylic oxidation sites excluding steroid dienone is 1. The largest absolute Gasteiger partial charge is 0.310 e. The summed E-state index contributed by atoms with van der Waals surface area (Å²) in [5.41, 5.74) is 16.7. The maximum atomic E-state index is 2.52. The minimum atomic E-state index is 1.06. The van der Waals surface area contributed by atoms with Gasteiger partial charge < -0.3 is 18.6 Å². The number of anilines is 3. The van der Waals surface area contributed by atoms with E-state index in [2.05, 4.69) is 298 Å². The Bertz CT molecular complexity index is 5340. The molecule has 3 aromatic heterocycles. The first-order valence-corrected chi connectivity index (χ1v) is 30.1. The van der Waals surface area contributed by atoms with Crippen LogP contribution >= 0.6 is 0 Å². The molecular formula is C81H58N4. The van der Waals surface area contributed by atoms with Crippen LogP contribution in [0.5, 0.6) is 0 Å². The minimum Gasteiger partial charge on any atom is -0.310 e. The monoisotopic (exact) mass is 1090 g/mol. The quantitative estimate of drug-likeness (QED) is 0.162. The first-order chi connectivity index (χ1) is 42.2. The number of fused-ring (bicyclic) bond motifs is 21. The van der Waals surface area contributed by atoms with Crippen LogP contribution < -0.4 is 4.90 Å². The molecule has 17 aromatic rings. The lowest BCUT2D eigenvalue weighted by molar-refractivity contribution is 0.857. The molecule has 3 heterocycles. The van der Waals surface area contributed by atoms with E-state index < -0.39 is 0 Å². The Balaban J connectivity index is 0.00000281. The number of benzene rings is 14. The van der Waals surface area contributed by atoms with Gasteiger partial charge in [0.2, 0.25) is 0 Å². The number of aromatic nitrogens is 3. The molecule has 0 fully saturated rings. The van der Waals surface area contributed by atoms with Gasteiger partial charge in [0.1, 0.15) is 0 Å². The van der Waals surface area contributed by atoms with Crippen molar-refractivity contribution in [2.75, 3.05) is 4.90 Å². The molecule has 1 aliphatic carbocycles. The molecule has 0 bridgehead atoms. The van der Waals surface area contributed by atoms with E-state index in [0.29, 0.717) is 0 Å². The summed E-state index contributed by atoms with van der Waals surface area (Å²) in [6, 6.07) is 99.6. The van der Waals surface area contributed by atoms with Crippen molar-refractivity contribution in [3.63, 3.8) is 0 Å². The van der Waals surface area contributed by atoms with Crippen molar-refractivity contribution in [3.8, 4) is 17.1 Å². The highest BCUT2D eigenvalue weighted by atomic mass is 15.1. The normalized spacial score (nSPS) is 12.6. The molecule has 1 aliphatic rings. The molecule has 0 unspecified atom stereocenters. The van der Waals surface area contributed by atoms with Gasteiger partial charge >= 0.3 is 0 Å². The van der Waals surface area contributed by atoms with E-state index in [9.17, 15) is 0 Å². The molecular weight excluding hydrogens is 1030 g/mol. The van der Waals surface area contributed by atoms with Gasteiger partial charge in [-0.25, -0.2) is 0 Å². The van der Waals surface area contributed by atoms with Crippen molar-refractivity contribution in [2.24, 2.45) is 0 Å². The first-order valence-electron chi connectivity index (χ1n) is 30.1.